The molecule has 5 heteroatoms. The molecule has 0 aliphatic heterocycles. The van der Waals surface area contributed by atoms with Crippen LogP contribution in [0.25, 0.3) is 0 Å². The van der Waals surface area contributed by atoms with Crippen molar-refractivity contribution in [3.05, 3.63) is 105 Å². The molecule has 25 heavy (non-hydrogen) atoms. The fourth-order valence-electron chi connectivity index (χ4n) is 2.57. The molecule has 0 fully saturated rings. The minimum atomic E-state index is -0.407. The minimum Gasteiger partial charge on any atom is -0.330 e. The maximum atomic E-state index is 13.0. The molecule has 3 rings (SSSR count). The number of aromatic nitrogens is 1. The lowest BCUT2D eigenvalue weighted by molar-refractivity contribution is 0.0729. The predicted octanol–water partition coefficient (Wildman–Crippen LogP) is 3.87. The molecule has 0 atom stereocenters. The van der Waals surface area contributed by atoms with Gasteiger partial charge in [0.1, 0.15) is 5.02 Å². The van der Waals surface area contributed by atoms with E-state index in [4.69, 9.17) is 11.6 Å². The van der Waals surface area contributed by atoms with E-state index in [-0.39, 0.29) is 10.9 Å². The van der Waals surface area contributed by atoms with E-state index in [0.29, 0.717) is 18.7 Å². The third kappa shape index (κ3) is 4.37. The molecule has 2 aromatic carbocycles. The van der Waals surface area contributed by atoms with Crippen LogP contribution in [0.2, 0.25) is 5.02 Å². The maximum Gasteiger partial charge on any atom is 0.266 e. The predicted molar refractivity (Wildman–Crippen MR) is 98.5 cm³/mol. The van der Waals surface area contributed by atoms with Crippen LogP contribution in [-0.4, -0.2) is 15.8 Å². The number of carbonyl (C=O) groups excluding carboxylic acids is 1. The Labute approximate surface area is 150 Å². The van der Waals surface area contributed by atoms with Crippen molar-refractivity contribution in [3.63, 3.8) is 0 Å². The molecule has 1 heterocycles. The number of H-pyrrole nitrogens is 1. The number of nitrogens with one attached hydrogen (secondary N) is 1. The molecule has 4 nitrogen and oxygen atoms in total. The van der Waals surface area contributed by atoms with Crippen molar-refractivity contribution < 1.29 is 4.79 Å². The first-order valence-corrected chi connectivity index (χ1v) is 8.26. The molecule has 1 aromatic heterocycles. The number of nitrogens with zero attached hydrogens (tertiary/aromatic N) is 1. The SMILES string of the molecule is O=C(c1c[nH]c(=O)c(Cl)c1)N(Cc1ccccc1)Cc1ccccc1. The van der Waals surface area contributed by atoms with E-state index in [1.807, 2.05) is 60.7 Å². The van der Waals surface area contributed by atoms with Gasteiger partial charge in [0.25, 0.3) is 11.5 Å². The third-order valence-corrected chi connectivity index (χ3v) is 4.11. The molecule has 0 aliphatic rings. The monoisotopic (exact) mass is 352 g/mol. The second kappa shape index (κ2) is 7.81. The molecule has 0 saturated carbocycles. The van der Waals surface area contributed by atoms with Crippen molar-refractivity contribution in [3.8, 4) is 0 Å². The average Bonchev–Trinajstić information content (AvgIpc) is 2.64. The fraction of sp³-hybridized carbons (Fsp3) is 0.100. The molecule has 3 aromatic rings. The first-order valence-electron chi connectivity index (χ1n) is 7.89. The summed E-state index contributed by atoms with van der Waals surface area (Å²) in [6.07, 6.45) is 1.40. The minimum absolute atomic E-state index is 0.00484. The number of amides is 1. The maximum absolute atomic E-state index is 13.0. The van der Waals surface area contributed by atoms with Crippen molar-refractivity contribution in [2.75, 3.05) is 0 Å². The van der Waals surface area contributed by atoms with Crippen molar-refractivity contribution in [1.82, 2.24) is 9.88 Å². The van der Waals surface area contributed by atoms with Crippen LogP contribution >= 0.6 is 11.6 Å². The summed E-state index contributed by atoms with van der Waals surface area (Å²) in [4.78, 5) is 28.6. The van der Waals surface area contributed by atoms with Crippen molar-refractivity contribution in [2.24, 2.45) is 0 Å². The summed E-state index contributed by atoms with van der Waals surface area (Å²) in [6, 6.07) is 21.0. The topological polar surface area (TPSA) is 53.2 Å². The van der Waals surface area contributed by atoms with E-state index in [1.54, 1.807) is 4.90 Å². The highest BCUT2D eigenvalue weighted by molar-refractivity contribution is 6.30. The first kappa shape index (κ1) is 17.0. The third-order valence-electron chi connectivity index (χ3n) is 3.82. The summed E-state index contributed by atoms with van der Waals surface area (Å²) in [7, 11) is 0. The van der Waals surface area contributed by atoms with E-state index < -0.39 is 5.56 Å². The van der Waals surface area contributed by atoms with Gasteiger partial charge in [0.05, 0.1) is 5.56 Å². The molecule has 0 saturated heterocycles. The zero-order valence-corrected chi connectivity index (χ0v) is 14.2. The Bertz CT molecular complexity index is 866. The number of benzene rings is 2. The smallest absolute Gasteiger partial charge is 0.266 e. The average molecular weight is 353 g/mol. The summed E-state index contributed by atoms with van der Waals surface area (Å²) in [5, 5.41) is 0.00484. The van der Waals surface area contributed by atoms with Gasteiger partial charge in [-0.2, -0.15) is 0 Å². The Balaban J connectivity index is 1.90. The van der Waals surface area contributed by atoms with Gasteiger partial charge in [-0.15, -0.1) is 0 Å². The van der Waals surface area contributed by atoms with Gasteiger partial charge in [0.15, 0.2) is 0 Å². The lowest BCUT2D eigenvalue weighted by Gasteiger charge is -2.23. The standard InChI is InChI=1S/C20H17ClN2O2/c21-18-11-17(12-22-19(18)24)20(25)23(13-15-7-3-1-4-8-15)14-16-9-5-2-6-10-16/h1-12H,13-14H2,(H,22,24). The van der Waals surface area contributed by atoms with Crippen molar-refractivity contribution in [1.29, 1.82) is 0 Å². The lowest BCUT2D eigenvalue weighted by atomic mass is 10.1. The summed E-state index contributed by atoms with van der Waals surface area (Å²) in [5.41, 5.74) is 2.01. The highest BCUT2D eigenvalue weighted by atomic mass is 35.5. The van der Waals surface area contributed by atoms with Crippen LogP contribution < -0.4 is 5.56 Å². The normalized spacial score (nSPS) is 10.4. The highest BCUT2D eigenvalue weighted by Gasteiger charge is 2.18. The molecule has 1 amide bonds. The van der Waals surface area contributed by atoms with Gasteiger partial charge >= 0.3 is 0 Å². The summed E-state index contributed by atoms with van der Waals surface area (Å²) >= 11 is 5.87. The van der Waals surface area contributed by atoms with Gasteiger partial charge in [-0.05, 0) is 17.2 Å². The number of hydrogen-bond donors (Lipinski definition) is 1. The number of aromatic amines is 1. The number of halogens is 1. The van der Waals surface area contributed by atoms with Crippen LogP contribution in [0.3, 0.4) is 0 Å². The zero-order valence-electron chi connectivity index (χ0n) is 13.5. The highest BCUT2D eigenvalue weighted by Crippen LogP contribution is 2.15. The van der Waals surface area contributed by atoms with Crippen LogP contribution in [0, 0.1) is 0 Å². The lowest BCUT2D eigenvalue weighted by Crippen LogP contribution is -2.30. The molecular weight excluding hydrogens is 336 g/mol. The number of carbonyl (C=O) groups is 1. The number of pyridine rings is 1. The van der Waals surface area contributed by atoms with Gasteiger partial charge in [0.2, 0.25) is 0 Å². The molecule has 0 unspecified atom stereocenters. The second-order valence-electron chi connectivity index (χ2n) is 5.70. The van der Waals surface area contributed by atoms with Crippen molar-refractivity contribution in [2.45, 2.75) is 13.1 Å². The number of rotatable bonds is 5. The van der Waals surface area contributed by atoms with Crippen LogP contribution in [0.4, 0.5) is 0 Å². The Morgan fingerprint density at radius 3 is 1.92 bits per heavy atom. The summed E-state index contributed by atoms with van der Waals surface area (Å²) < 4.78 is 0. The zero-order chi connectivity index (χ0) is 17.6. The summed E-state index contributed by atoms with van der Waals surface area (Å²) in [6.45, 7) is 0.927. The van der Waals surface area contributed by atoms with Crippen LogP contribution in [0.5, 0.6) is 0 Å². The molecular formula is C20H17ClN2O2. The Kier molecular flexibility index (Phi) is 5.31. The van der Waals surface area contributed by atoms with Gasteiger partial charge in [-0.1, -0.05) is 72.3 Å². The van der Waals surface area contributed by atoms with E-state index in [1.165, 1.54) is 12.3 Å². The Hall–Kier alpha value is -2.85. The Morgan fingerprint density at radius 1 is 0.920 bits per heavy atom. The first-order chi connectivity index (χ1) is 12.1. The van der Waals surface area contributed by atoms with Crippen LogP contribution in [0.1, 0.15) is 21.5 Å². The van der Waals surface area contributed by atoms with E-state index in [9.17, 15) is 9.59 Å². The van der Waals surface area contributed by atoms with Gasteiger partial charge in [-0.3, -0.25) is 9.59 Å². The molecule has 0 spiro atoms. The largest absolute Gasteiger partial charge is 0.330 e. The van der Waals surface area contributed by atoms with E-state index in [2.05, 4.69) is 4.98 Å². The van der Waals surface area contributed by atoms with Gasteiger partial charge in [0, 0.05) is 19.3 Å². The molecule has 0 radical (unpaired) electrons. The summed E-state index contributed by atoms with van der Waals surface area (Å²) in [5.74, 6) is -0.189. The second-order valence-corrected chi connectivity index (χ2v) is 6.11. The number of hydrogen-bond acceptors (Lipinski definition) is 2. The van der Waals surface area contributed by atoms with Gasteiger partial charge in [-0.25, -0.2) is 0 Å². The van der Waals surface area contributed by atoms with E-state index in [0.717, 1.165) is 11.1 Å². The molecule has 0 bridgehead atoms. The van der Waals surface area contributed by atoms with Crippen LogP contribution in [0.15, 0.2) is 77.7 Å². The molecule has 1 N–H and O–H groups in total. The van der Waals surface area contributed by atoms with Crippen molar-refractivity contribution >= 4 is 17.5 Å². The molecule has 126 valence electrons. The quantitative estimate of drug-likeness (QED) is 0.757. The van der Waals surface area contributed by atoms with E-state index >= 15 is 0 Å². The Morgan fingerprint density at radius 2 is 1.44 bits per heavy atom. The van der Waals surface area contributed by atoms with Gasteiger partial charge < -0.3 is 9.88 Å². The molecule has 0 aliphatic carbocycles. The fourth-order valence-corrected chi connectivity index (χ4v) is 2.74. The van der Waals surface area contributed by atoms with Crippen LogP contribution in [-0.2, 0) is 13.1 Å².